The number of carbonyl (C=O) groups excluding carboxylic acids is 1. The zero-order valence-electron chi connectivity index (χ0n) is 10.9. The molecular weight excluding hydrogens is 234 g/mol. The number of aromatic hydroxyl groups is 1. The van der Waals surface area contributed by atoms with Gasteiger partial charge in [-0.15, -0.1) is 0 Å². The predicted octanol–water partition coefficient (Wildman–Crippen LogP) is 1.56. The molecule has 0 radical (unpaired) electrons. The van der Waals surface area contributed by atoms with Crippen LogP contribution in [0.5, 0.6) is 11.5 Å². The van der Waals surface area contributed by atoms with Gasteiger partial charge < -0.3 is 19.9 Å². The summed E-state index contributed by atoms with van der Waals surface area (Å²) >= 11 is 0. The average molecular weight is 253 g/mol. The third-order valence-corrected chi connectivity index (χ3v) is 2.58. The van der Waals surface area contributed by atoms with Gasteiger partial charge in [0.2, 0.25) is 0 Å². The molecule has 0 aromatic heterocycles. The first-order chi connectivity index (χ1) is 8.58. The Morgan fingerprint density at radius 3 is 2.72 bits per heavy atom. The number of ether oxygens (including phenoxy) is 2. The summed E-state index contributed by atoms with van der Waals surface area (Å²) in [4.78, 5) is 11.9. The van der Waals surface area contributed by atoms with E-state index < -0.39 is 0 Å². The number of hydrogen-bond acceptors (Lipinski definition) is 4. The Bertz CT molecular complexity index is 406. The molecule has 0 bridgehead atoms. The molecule has 1 aromatic carbocycles. The molecule has 1 amide bonds. The highest BCUT2D eigenvalue weighted by molar-refractivity contribution is 5.97. The highest BCUT2D eigenvalue weighted by Gasteiger charge is 2.14. The van der Waals surface area contributed by atoms with E-state index in [9.17, 15) is 9.90 Å². The van der Waals surface area contributed by atoms with Crippen molar-refractivity contribution in [2.45, 2.75) is 19.4 Å². The van der Waals surface area contributed by atoms with E-state index in [2.05, 4.69) is 5.32 Å². The van der Waals surface area contributed by atoms with Crippen LogP contribution < -0.4 is 10.1 Å². The largest absolute Gasteiger partial charge is 0.507 e. The molecule has 1 aromatic rings. The second-order valence-electron chi connectivity index (χ2n) is 4.04. The van der Waals surface area contributed by atoms with Crippen LogP contribution in [-0.4, -0.2) is 37.9 Å². The third kappa shape index (κ3) is 3.92. The van der Waals surface area contributed by atoms with Crippen LogP contribution in [-0.2, 0) is 4.74 Å². The Labute approximate surface area is 107 Å². The number of phenolic OH excluding ortho intramolecular Hbond substituents is 1. The second-order valence-corrected chi connectivity index (χ2v) is 4.04. The van der Waals surface area contributed by atoms with E-state index in [0.717, 1.165) is 6.42 Å². The first kappa shape index (κ1) is 14.3. The topological polar surface area (TPSA) is 67.8 Å². The first-order valence-corrected chi connectivity index (χ1v) is 5.75. The van der Waals surface area contributed by atoms with Crippen molar-refractivity contribution in [3.8, 4) is 11.5 Å². The van der Waals surface area contributed by atoms with Gasteiger partial charge in [0.15, 0.2) is 0 Å². The Kier molecular flexibility index (Phi) is 5.45. The van der Waals surface area contributed by atoms with Crippen LogP contribution in [0.1, 0.15) is 23.7 Å². The van der Waals surface area contributed by atoms with E-state index >= 15 is 0 Å². The zero-order chi connectivity index (χ0) is 13.5. The first-order valence-electron chi connectivity index (χ1n) is 5.75. The predicted molar refractivity (Wildman–Crippen MR) is 68.1 cm³/mol. The fraction of sp³-hybridized carbons (Fsp3) is 0.462. The molecule has 1 rings (SSSR count). The number of benzene rings is 1. The summed E-state index contributed by atoms with van der Waals surface area (Å²) in [5, 5.41) is 12.5. The molecule has 0 aliphatic rings. The average Bonchev–Trinajstić information content (AvgIpc) is 2.35. The summed E-state index contributed by atoms with van der Waals surface area (Å²) in [5.74, 6) is 0.112. The summed E-state index contributed by atoms with van der Waals surface area (Å²) in [6, 6.07) is 4.56. The quantitative estimate of drug-likeness (QED) is 0.807. The van der Waals surface area contributed by atoms with Crippen molar-refractivity contribution < 1.29 is 19.4 Å². The lowest BCUT2D eigenvalue weighted by Gasteiger charge is -2.14. The maximum Gasteiger partial charge on any atom is 0.255 e. The molecule has 0 aliphatic carbocycles. The molecule has 0 heterocycles. The summed E-state index contributed by atoms with van der Waals surface area (Å²) in [7, 11) is 3.12. The molecule has 0 aliphatic heterocycles. The molecule has 18 heavy (non-hydrogen) atoms. The van der Waals surface area contributed by atoms with Crippen molar-refractivity contribution in [1.82, 2.24) is 5.32 Å². The number of nitrogens with one attached hydrogen (secondary N) is 1. The number of hydrogen-bond donors (Lipinski definition) is 2. The summed E-state index contributed by atoms with van der Waals surface area (Å²) in [6.45, 7) is 2.47. The van der Waals surface area contributed by atoms with Gasteiger partial charge in [0.05, 0.1) is 12.7 Å². The van der Waals surface area contributed by atoms with Gasteiger partial charge in [-0.05, 0) is 25.5 Å². The van der Waals surface area contributed by atoms with Gasteiger partial charge >= 0.3 is 0 Å². The van der Waals surface area contributed by atoms with Gasteiger partial charge in [-0.3, -0.25) is 4.79 Å². The molecule has 100 valence electrons. The van der Waals surface area contributed by atoms with Crippen LogP contribution >= 0.6 is 0 Å². The van der Waals surface area contributed by atoms with Crippen LogP contribution in [0.2, 0.25) is 0 Å². The van der Waals surface area contributed by atoms with Crippen LogP contribution in [0, 0.1) is 0 Å². The van der Waals surface area contributed by atoms with Gasteiger partial charge in [0.25, 0.3) is 5.91 Å². The molecular formula is C13H19NO4. The molecule has 0 saturated heterocycles. The molecule has 1 unspecified atom stereocenters. The Morgan fingerprint density at radius 2 is 2.17 bits per heavy atom. The van der Waals surface area contributed by atoms with Crippen molar-refractivity contribution in [3.05, 3.63) is 23.8 Å². The van der Waals surface area contributed by atoms with Crippen molar-refractivity contribution in [1.29, 1.82) is 0 Å². The molecule has 2 N–H and O–H groups in total. The van der Waals surface area contributed by atoms with Gasteiger partial charge in [-0.1, -0.05) is 0 Å². The number of rotatable bonds is 6. The maximum atomic E-state index is 11.9. The minimum absolute atomic E-state index is 0.0149. The highest BCUT2D eigenvalue weighted by atomic mass is 16.5. The smallest absolute Gasteiger partial charge is 0.255 e. The Balaban J connectivity index is 2.66. The fourth-order valence-electron chi connectivity index (χ4n) is 1.50. The highest BCUT2D eigenvalue weighted by Crippen LogP contribution is 2.23. The van der Waals surface area contributed by atoms with Crippen LogP contribution in [0.4, 0.5) is 0 Å². The molecule has 0 spiro atoms. The van der Waals surface area contributed by atoms with E-state index in [1.165, 1.54) is 19.2 Å². The molecule has 5 heteroatoms. The SMILES string of the molecule is COCCC(C)NC(=O)c1ccc(OC)cc1O. The number of methoxy groups -OCH3 is 2. The van der Waals surface area contributed by atoms with E-state index in [1.54, 1.807) is 13.2 Å². The third-order valence-electron chi connectivity index (χ3n) is 2.58. The second kappa shape index (κ2) is 6.86. The van der Waals surface area contributed by atoms with E-state index in [-0.39, 0.29) is 23.3 Å². The monoisotopic (exact) mass is 253 g/mol. The van der Waals surface area contributed by atoms with Crippen molar-refractivity contribution in [3.63, 3.8) is 0 Å². The van der Waals surface area contributed by atoms with Crippen molar-refractivity contribution in [2.24, 2.45) is 0 Å². The molecule has 0 saturated carbocycles. The summed E-state index contributed by atoms with van der Waals surface area (Å²) in [6.07, 6.45) is 0.721. The van der Waals surface area contributed by atoms with Gasteiger partial charge in [0, 0.05) is 25.8 Å². The maximum absolute atomic E-state index is 11.9. The Morgan fingerprint density at radius 1 is 1.44 bits per heavy atom. The summed E-state index contributed by atoms with van der Waals surface area (Å²) < 4.78 is 9.89. The van der Waals surface area contributed by atoms with E-state index in [0.29, 0.717) is 12.4 Å². The van der Waals surface area contributed by atoms with Gasteiger partial charge in [0.1, 0.15) is 11.5 Å². The lowest BCUT2D eigenvalue weighted by atomic mass is 10.1. The molecule has 0 fully saturated rings. The minimum atomic E-state index is -0.307. The van der Waals surface area contributed by atoms with Crippen molar-refractivity contribution in [2.75, 3.05) is 20.8 Å². The van der Waals surface area contributed by atoms with Crippen molar-refractivity contribution >= 4 is 5.91 Å². The van der Waals surface area contributed by atoms with E-state index in [4.69, 9.17) is 9.47 Å². The lowest BCUT2D eigenvalue weighted by Crippen LogP contribution is -2.33. The van der Waals surface area contributed by atoms with Crippen LogP contribution in [0.15, 0.2) is 18.2 Å². The zero-order valence-corrected chi connectivity index (χ0v) is 10.9. The fourth-order valence-corrected chi connectivity index (χ4v) is 1.50. The van der Waals surface area contributed by atoms with Crippen LogP contribution in [0.25, 0.3) is 0 Å². The normalized spacial score (nSPS) is 11.9. The summed E-state index contributed by atoms with van der Waals surface area (Å²) in [5.41, 5.74) is 0.236. The molecule has 5 nitrogen and oxygen atoms in total. The number of carbonyl (C=O) groups is 1. The standard InChI is InChI=1S/C13H19NO4/c1-9(6-7-17-2)14-13(16)11-5-4-10(18-3)8-12(11)15/h4-5,8-9,15H,6-7H2,1-3H3,(H,14,16). The lowest BCUT2D eigenvalue weighted by molar-refractivity contribution is 0.0927. The van der Waals surface area contributed by atoms with Gasteiger partial charge in [-0.25, -0.2) is 0 Å². The minimum Gasteiger partial charge on any atom is -0.507 e. The molecule has 1 atom stereocenters. The van der Waals surface area contributed by atoms with Crippen LogP contribution in [0.3, 0.4) is 0 Å². The Hall–Kier alpha value is -1.75. The number of phenols is 1. The number of amides is 1. The van der Waals surface area contributed by atoms with Gasteiger partial charge in [-0.2, -0.15) is 0 Å². The van der Waals surface area contributed by atoms with E-state index in [1.807, 2.05) is 6.92 Å².